The summed E-state index contributed by atoms with van der Waals surface area (Å²) in [6.45, 7) is 5.41. The van der Waals surface area contributed by atoms with Crippen molar-refractivity contribution >= 4 is 11.9 Å². The molecule has 5 atom stereocenters. The van der Waals surface area contributed by atoms with Crippen molar-refractivity contribution in [1.29, 1.82) is 0 Å². The lowest BCUT2D eigenvalue weighted by Gasteiger charge is -2.39. The third-order valence-corrected chi connectivity index (χ3v) is 5.63. The number of hydrogen-bond acceptors (Lipinski definition) is 7. The molecule has 23 heavy (non-hydrogen) atoms. The molecule has 2 saturated heterocycles. The third-order valence-electron chi connectivity index (χ3n) is 5.63. The van der Waals surface area contributed by atoms with Crippen molar-refractivity contribution < 1.29 is 29.3 Å². The van der Waals surface area contributed by atoms with E-state index in [0.29, 0.717) is 6.42 Å². The fourth-order valence-electron chi connectivity index (χ4n) is 3.52. The van der Waals surface area contributed by atoms with Crippen molar-refractivity contribution in [3.05, 3.63) is 11.6 Å². The molecule has 7 nitrogen and oxygen atoms in total. The second-order valence-electron chi connectivity index (χ2n) is 7.00. The van der Waals surface area contributed by atoms with Gasteiger partial charge in [0, 0.05) is 13.1 Å². The highest BCUT2D eigenvalue weighted by atomic mass is 16.6. The van der Waals surface area contributed by atoms with Crippen molar-refractivity contribution in [3.8, 4) is 0 Å². The maximum Gasteiger partial charge on any atom is 0.341 e. The zero-order valence-electron chi connectivity index (χ0n) is 13.6. The van der Waals surface area contributed by atoms with E-state index in [-0.39, 0.29) is 18.8 Å². The van der Waals surface area contributed by atoms with Gasteiger partial charge in [-0.15, -0.1) is 0 Å². The van der Waals surface area contributed by atoms with Gasteiger partial charge in [-0.1, -0.05) is 6.08 Å². The summed E-state index contributed by atoms with van der Waals surface area (Å²) >= 11 is 0. The van der Waals surface area contributed by atoms with Gasteiger partial charge in [-0.2, -0.15) is 0 Å². The van der Waals surface area contributed by atoms with Crippen LogP contribution in [-0.4, -0.2) is 70.1 Å². The highest BCUT2D eigenvalue weighted by molar-refractivity contribution is 5.83. The Morgan fingerprint density at radius 1 is 1.30 bits per heavy atom. The summed E-state index contributed by atoms with van der Waals surface area (Å²) in [6.07, 6.45) is 2.34. The molecule has 0 bridgehead atoms. The highest BCUT2D eigenvalue weighted by Crippen LogP contribution is 2.36. The fourth-order valence-corrected chi connectivity index (χ4v) is 3.52. The zero-order chi connectivity index (χ0) is 17.0. The maximum absolute atomic E-state index is 12.4. The quantitative estimate of drug-likeness (QED) is 0.462. The van der Waals surface area contributed by atoms with E-state index in [4.69, 9.17) is 9.47 Å². The Morgan fingerprint density at radius 3 is 2.70 bits per heavy atom. The smallest absolute Gasteiger partial charge is 0.341 e. The van der Waals surface area contributed by atoms with E-state index < -0.39 is 29.1 Å². The molecule has 3 heterocycles. The third kappa shape index (κ3) is 2.38. The number of ether oxygens (including phenoxy) is 2. The summed E-state index contributed by atoms with van der Waals surface area (Å²) in [6, 6.07) is -0.0908. The van der Waals surface area contributed by atoms with E-state index in [1.165, 1.54) is 13.8 Å². The van der Waals surface area contributed by atoms with Crippen LogP contribution < -0.4 is 0 Å². The van der Waals surface area contributed by atoms with Gasteiger partial charge in [0.05, 0.1) is 12.0 Å². The van der Waals surface area contributed by atoms with Crippen molar-refractivity contribution in [2.75, 3.05) is 19.7 Å². The van der Waals surface area contributed by atoms with Crippen molar-refractivity contribution in [2.24, 2.45) is 5.92 Å². The van der Waals surface area contributed by atoms with Crippen LogP contribution in [0.2, 0.25) is 0 Å². The molecule has 128 valence electrons. The van der Waals surface area contributed by atoms with Gasteiger partial charge >= 0.3 is 11.9 Å². The molecule has 0 aromatic heterocycles. The fraction of sp³-hybridized carbons (Fsp3) is 0.750. The van der Waals surface area contributed by atoms with Gasteiger partial charge in [-0.25, -0.2) is 4.79 Å². The van der Waals surface area contributed by atoms with Gasteiger partial charge in [0.1, 0.15) is 18.3 Å². The largest absolute Gasteiger partial charge is 0.460 e. The Balaban J connectivity index is 1.97. The number of esters is 2. The number of hydrogen-bond donors (Lipinski definition) is 2. The first-order valence-electron chi connectivity index (χ1n) is 7.91. The second kappa shape index (κ2) is 5.29. The minimum Gasteiger partial charge on any atom is -0.460 e. The lowest BCUT2D eigenvalue weighted by atomic mass is 9.76. The molecule has 0 amide bonds. The monoisotopic (exact) mass is 325 g/mol. The average molecular weight is 325 g/mol. The van der Waals surface area contributed by atoms with E-state index >= 15 is 0 Å². The topological polar surface area (TPSA) is 96.3 Å². The van der Waals surface area contributed by atoms with Crippen LogP contribution in [-0.2, 0) is 19.1 Å². The van der Waals surface area contributed by atoms with Crippen molar-refractivity contribution in [2.45, 2.75) is 50.5 Å². The Labute approximate surface area is 134 Å². The highest BCUT2D eigenvalue weighted by Gasteiger charge is 2.56. The molecular weight excluding hydrogens is 302 g/mol. The summed E-state index contributed by atoms with van der Waals surface area (Å²) in [5.41, 5.74) is -3.35. The van der Waals surface area contributed by atoms with Gasteiger partial charge < -0.3 is 19.7 Å². The number of cyclic esters (lactones) is 1. The molecule has 0 aliphatic carbocycles. The molecule has 0 radical (unpaired) electrons. The van der Waals surface area contributed by atoms with Gasteiger partial charge in [0.2, 0.25) is 0 Å². The zero-order valence-corrected chi connectivity index (χ0v) is 13.6. The summed E-state index contributed by atoms with van der Waals surface area (Å²) < 4.78 is 10.8. The molecule has 0 unspecified atom stereocenters. The minimum atomic E-state index is -2.22. The van der Waals surface area contributed by atoms with Crippen LogP contribution in [0.3, 0.4) is 0 Å². The standard InChI is InChI=1S/C16H23NO6/c1-9-13(18)23-11-5-7-17-6-4-10(12(11)17)8-22-14(19)16(3,21)15(9,2)20/h4,9,11-12,20-21H,5-8H2,1-3H3/t9-,11-,12+,15-,16+/m1/s1. The Hall–Kier alpha value is -1.44. The van der Waals surface area contributed by atoms with E-state index in [9.17, 15) is 19.8 Å². The lowest BCUT2D eigenvalue weighted by Crippen LogP contribution is -2.61. The first-order chi connectivity index (χ1) is 10.7. The van der Waals surface area contributed by atoms with Crippen LogP contribution in [0.1, 0.15) is 27.2 Å². The first-order valence-corrected chi connectivity index (χ1v) is 7.91. The Kier molecular flexibility index (Phi) is 3.78. The van der Waals surface area contributed by atoms with Gasteiger partial charge in [-0.05, 0) is 32.8 Å². The van der Waals surface area contributed by atoms with Crippen molar-refractivity contribution in [1.82, 2.24) is 4.90 Å². The average Bonchev–Trinajstić information content (AvgIpc) is 3.06. The normalized spacial score (nSPS) is 44.9. The van der Waals surface area contributed by atoms with E-state index in [0.717, 1.165) is 25.6 Å². The van der Waals surface area contributed by atoms with Crippen LogP contribution in [0.25, 0.3) is 0 Å². The van der Waals surface area contributed by atoms with Gasteiger partial charge in [-0.3, -0.25) is 9.69 Å². The van der Waals surface area contributed by atoms with E-state index in [2.05, 4.69) is 4.90 Å². The number of rotatable bonds is 0. The first kappa shape index (κ1) is 16.4. The van der Waals surface area contributed by atoms with E-state index in [1.807, 2.05) is 6.08 Å². The summed E-state index contributed by atoms with van der Waals surface area (Å²) in [5, 5.41) is 21.1. The minimum absolute atomic E-state index is 0.0225. The summed E-state index contributed by atoms with van der Waals surface area (Å²) in [7, 11) is 0. The molecular formula is C16H23NO6. The number of nitrogens with zero attached hydrogens (tertiary/aromatic N) is 1. The van der Waals surface area contributed by atoms with Crippen LogP contribution in [0, 0.1) is 5.92 Å². The maximum atomic E-state index is 12.4. The molecule has 0 spiro atoms. The number of carbonyl (C=O) groups excluding carboxylic acids is 2. The Bertz CT molecular complexity index is 567. The SMILES string of the molecule is C[C@@H]1C(=O)O[C@@H]2CCN3CC=C(COC(=O)[C@](C)(O)[C@]1(C)O)[C@@H]23. The molecule has 3 aliphatic heterocycles. The molecule has 3 rings (SSSR count). The lowest BCUT2D eigenvalue weighted by molar-refractivity contribution is -0.205. The molecule has 7 heteroatoms. The Morgan fingerprint density at radius 2 is 2.00 bits per heavy atom. The molecule has 0 saturated carbocycles. The predicted molar refractivity (Wildman–Crippen MR) is 79.3 cm³/mol. The van der Waals surface area contributed by atoms with Crippen LogP contribution in [0.5, 0.6) is 0 Å². The van der Waals surface area contributed by atoms with E-state index in [1.54, 1.807) is 0 Å². The van der Waals surface area contributed by atoms with Gasteiger partial charge in [0.25, 0.3) is 0 Å². The number of carbonyl (C=O) groups is 2. The predicted octanol–water partition coefficient (Wildman–Crippen LogP) is -0.393. The molecule has 2 N–H and O–H groups in total. The molecule has 2 fully saturated rings. The second-order valence-corrected chi connectivity index (χ2v) is 7.00. The van der Waals surface area contributed by atoms with Crippen LogP contribution >= 0.6 is 0 Å². The summed E-state index contributed by atoms with van der Waals surface area (Å²) in [5.74, 6) is -2.65. The molecule has 0 aromatic carbocycles. The molecule has 0 aromatic rings. The van der Waals surface area contributed by atoms with Crippen LogP contribution in [0.15, 0.2) is 11.6 Å². The molecule has 3 aliphatic rings. The van der Waals surface area contributed by atoms with Crippen molar-refractivity contribution in [3.63, 3.8) is 0 Å². The number of aliphatic hydroxyl groups is 2. The van der Waals surface area contributed by atoms with Crippen LogP contribution in [0.4, 0.5) is 0 Å². The van der Waals surface area contributed by atoms with Gasteiger partial charge in [0.15, 0.2) is 5.60 Å². The summed E-state index contributed by atoms with van der Waals surface area (Å²) in [4.78, 5) is 26.9.